The highest BCUT2D eigenvalue weighted by molar-refractivity contribution is 7.90. The van der Waals surface area contributed by atoms with Crippen molar-refractivity contribution in [3.63, 3.8) is 0 Å². The highest BCUT2D eigenvalue weighted by atomic mass is 32.2. The Hall–Kier alpha value is -1.66. The van der Waals surface area contributed by atoms with Crippen LogP contribution in [0.3, 0.4) is 0 Å². The van der Waals surface area contributed by atoms with E-state index in [9.17, 15) is 8.42 Å². The number of sulfone groups is 1. The lowest BCUT2D eigenvalue weighted by molar-refractivity contribution is 0.596. The molecule has 0 atom stereocenters. The van der Waals surface area contributed by atoms with Crippen molar-refractivity contribution in [3.8, 4) is 5.69 Å². The Labute approximate surface area is 125 Å². The molecule has 1 aromatic carbocycles. The van der Waals surface area contributed by atoms with Gasteiger partial charge in [0.1, 0.15) is 9.84 Å². The molecule has 1 N–H and O–H groups in total. The highest BCUT2D eigenvalue weighted by Gasteiger charge is 2.12. The van der Waals surface area contributed by atoms with Gasteiger partial charge in [0.25, 0.3) is 0 Å². The van der Waals surface area contributed by atoms with Crippen LogP contribution in [0.1, 0.15) is 17.0 Å². The predicted octanol–water partition coefficient (Wildman–Crippen LogP) is 1.62. The molecular weight excluding hydrogens is 286 g/mol. The van der Waals surface area contributed by atoms with Crippen molar-refractivity contribution in [1.29, 1.82) is 0 Å². The quantitative estimate of drug-likeness (QED) is 0.824. The Morgan fingerprint density at radius 1 is 1.19 bits per heavy atom. The van der Waals surface area contributed by atoms with E-state index >= 15 is 0 Å². The van der Waals surface area contributed by atoms with E-state index in [1.807, 2.05) is 48.9 Å². The third-order valence-corrected chi connectivity index (χ3v) is 4.34. The molecule has 0 saturated carbocycles. The molecule has 0 aliphatic rings. The second kappa shape index (κ2) is 6.41. The van der Waals surface area contributed by atoms with E-state index in [0.29, 0.717) is 13.1 Å². The van der Waals surface area contributed by atoms with Gasteiger partial charge in [-0.2, -0.15) is 5.10 Å². The minimum atomic E-state index is -2.92. The summed E-state index contributed by atoms with van der Waals surface area (Å²) in [4.78, 5) is 0. The van der Waals surface area contributed by atoms with Gasteiger partial charge in [0.05, 0.1) is 17.1 Å². The monoisotopic (exact) mass is 307 g/mol. The lowest BCUT2D eigenvalue weighted by atomic mass is 10.2. The number of nitrogens with one attached hydrogen (secondary N) is 1. The molecular formula is C15H21N3O2S. The molecule has 5 nitrogen and oxygen atoms in total. The van der Waals surface area contributed by atoms with E-state index in [1.54, 1.807) is 0 Å². The van der Waals surface area contributed by atoms with Gasteiger partial charge in [0, 0.05) is 30.6 Å². The van der Waals surface area contributed by atoms with Crippen molar-refractivity contribution < 1.29 is 8.42 Å². The first-order valence-electron chi connectivity index (χ1n) is 6.87. The van der Waals surface area contributed by atoms with Gasteiger partial charge in [-0.05, 0) is 26.0 Å². The minimum Gasteiger partial charge on any atom is -0.312 e. The second-order valence-corrected chi connectivity index (χ2v) is 7.46. The lowest BCUT2D eigenvalue weighted by Crippen LogP contribution is -2.22. The molecule has 114 valence electrons. The van der Waals surface area contributed by atoms with Gasteiger partial charge in [-0.3, -0.25) is 0 Å². The normalized spacial score (nSPS) is 11.8. The molecule has 2 aromatic rings. The summed E-state index contributed by atoms with van der Waals surface area (Å²) in [5.41, 5.74) is 4.18. The first kappa shape index (κ1) is 15.7. The second-order valence-electron chi connectivity index (χ2n) is 5.20. The molecule has 21 heavy (non-hydrogen) atoms. The van der Waals surface area contributed by atoms with Crippen molar-refractivity contribution in [2.45, 2.75) is 20.4 Å². The molecule has 0 saturated heterocycles. The highest BCUT2D eigenvalue weighted by Crippen LogP contribution is 2.17. The van der Waals surface area contributed by atoms with Crippen LogP contribution in [0.25, 0.3) is 5.69 Å². The molecule has 0 radical (unpaired) electrons. The van der Waals surface area contributed by atoms with Crippen LogP contribution < -0.4 is 5.32 Å². The number of nitrogens with zero attached hydrogens (tertiary/aromatic N) is 2. The molecule has 0 unspecified atom stereocenters. The van der Waals surface area contributed by atoms with Gasteiger partial charge in [-0.15, -0.1) is 0 Å². The smallest absolute Gasteiger partial charge is 0.148 e. The molecule has 6 heteroatoms. The number of rotatable bonds is 6. The van der Waals surface area contributed by atoms with E-state index < -0.39 is 9.84 Å². The molecule has 0 aliphatic heterocycles. The van der Waals surface area contributed by atoms with Crippen LogP contribution in [-0.2, 0) is 16.4 Å². The summed E-state index contributed by atoms with van der Waals surface area (Å²) in [6.45, 7) is 5.08. The zero-order chi connectivity index (χ0) is 15.5. The van der Waals surface area contributed by atoms with Crippen LogP contribution in [-0.4, -0.2) is 36.8 Å². The molecule has 0 aliphatic carbocycles. The molecule has 0 amide bonds. The number of hydrogen-bond acceptors (Lipinski definition) is 4. The summed E-state index contributed by atoms with van der Waals surface area (Å²) in [5.74, 6) is 0.151. The van der Waals surface area contributed by atoms with Gasteiger partial charge < -0.3 is 5.32 Å². The number of para-hydroxylation sites is 1. The predicted molar refractivity (Wildman–Crippen MR) is 84.5 cm³/mol. The van der Waals surface area contributed by atoms with Crippen LogP contribution in [0, 0.1) is 13.8 Å². The Morgan fingerprint density at radius 2 is 1.86 bits per heavy atom. The average Bonchev–Trinajstić information content (AvgIpc) is 2.71. The maximum atomic E-state index is 11.1. The lowest BCUT2D eigenvalue weighted by Gasteiger charge is -2.06. The van der Waals surface area contributed by atoms with E-state index in [0.717, 1.165) is 22.6 Å². The Balaban J connectivity index is 2.10. The van der Waals surface area contributed by atoms with Gasteiger partial charge in [-0.25, -0.2) is 13.1 Å². The van der Waals surface area contributed by atoms with Gasteiger partial charge in [0.15, 0.2) is 0 Å². The maximum Gasteiger partial charge on any atom is 0.148 e. The van der Waals surface area contributed by atoms with Crippen molar-refractivity contribution >= 4 is 9.84 Å². The molecule has 0 fully saturated rings. The van der Waals surface area contributed by atoms with Gasteiger partial charge >= 0.3 is 0 Å². The van der Waals surface area contributed by atoms with Gasteiger partial charge in [-0.1, -0.05) is 18.2 Å². The minimum absolute atomic E-state index is 0.151. The van der Waals surface area contributed by atoms with Crippen molar-refractivity contribution in [2.24, 2.45) is 0 Å². The Bertz CT molecular complexity index is 706. The molecule has 0 spiro atoms. The summed E-state index contributed by atoms with van der Waals surface area (Å²) >= 11 is 0. The summed E-state index contributed by atoms with van der Waals surface area (Å²) in [6.07, 6.45) is 1.25. The van der Waals surface area contributed by atoms with Crippen LogP contribution in [0.5, 0.6) is 0 Å². The number of aryl methyl sites for hydroxylation is 1. The molecule has 2 rings (SSSR count). The largest absolute Gasteiger partial charge is 0.312 e. The summed E-state index contributed by atoms with van der Waals surface area (Å²) in [6, 6.07) is 9.97. The fourth-order valence-corrected chi connectivity index (χ4v) is 2.74. The van der Waals surface area contributed by atoms with Crippen molar-refractivity contribution in [1.82, 2.24) is 15.1 Å². The summed E-state index contributed by atoms with van der Waals surface area (Å²) in [5, 5.41) is 7.74. The van der Waals surface area contributed by atoms with E-state index in [4.69, 9.17) is 0 Å². The van der Waals surface area contributed by atoms with E-state index in [-0.39, 0.29) is 5.75 Å². The number of aromatic nitrogens is 2. The first-order chi connectivity index (χ1) is 9.88. The fraction of sp³-hybridized carbons (Fsp3) is 0.400. The first-order valence-corrected chi connectivity index (χ1v) is 8.93. The topological polar surface area (TPSA) is 64.0 Å². The van der Waals surface area contributed by atoms with Crippen LogP contribution in [0.15, 0.2) is 30.3 Å². The average molecular weight is 307 g/mol. The van der Waals surface area contributed by atoms with E-state index in [1.165, 1.54) is 6.26 Å². The SMILES string of the molecule is Cc1nn(-c2ccccc2)c(C)c1CNCCS(C)(=O)=O. The zero-order valence-corrected chi connectivity index (χ0v) is 13.4. The Kier molecular flexibility index (Phi) is 4.80. The van der Waals surface area contributed by atoms with Crippen molar-refractivity contribution in [2.75, 3.05) is 18.6 Å². The third kappa shape index (κ3) is 4.15. The van der Waals surface area contributed by atoms with Crippen LogP contribution in [0.4, 0.5) is 0 Å². The Morgan fingerprint density at radius 3 is 2.48 bits per heavy atom. The number of hydrogen-bond donors (Lipinski definition) is 1. The summed E-state index contributed by atoms with van der Waals surface area (Å²) < 4.78 is 24.1. The van der Waals surface area contributed by atoms with Crippen LogP contribution >= 0.6 is 0 Å². The molecule has 1 aromatic heterocycles. The van der Waals surface area contributed by atoms with Gasteiger partial charge in [0.2, 0.25) is 0 Å². The zero-order valence-electron chi connectivity index (χ0n) is 12.6. The maximum absolute atomic E-state index is 11.1. The molecule has 1 heterocycles. The summed E-state index contributed by atoms with van der Waals surface area (Å²) in [7, 11) is -2.92. The number of benzene rings is 1. The van der Waals surface area contributed by atoms with E-state index in [2.05, 4.69) is 10.4 Å². The van der Waals surface area contributed by atoms with Crippen molar-refractivity contribution in [3.05, 3.63) is 47.3 Å². The molecule has 0 bridgehead atoms. The third-order valence-electron chi connectivity index (χ3n) is 3.39. The fourth-order valence-electron chi connectivity index (χ4n) is 2.22. The van der Waals surface area contributed by atoms with Crippen LogP contribution in [0.2, 0.25) is 0 Å². The standard InChI is InChI=1S/C15H21N3O2S/c1-12-15(11-16-9-10-21(3,19)20)13(2)18(17-12)14-7-5-4-6-8-14/h4-8,16H,9-11H2,1-3H3.